The number of benzene rings is 4. The summed E-state index contributed by atoms with van der Waals surface area (Å²) in [5.41, 5.74) is 2.84. The Morgan fingerprint density at radius 3 is 2.14 bits per heavy atom. The molecule has 0 unspecified atom stereocenters. The molecular weight excluding hydrogens is 662 g/mol. The van der Waals surface area contributed by atoms with E-state index in [-0.39, 0.29) is 35.6 Å². The monoisotopic (exact) mass is 703 g/mol. The van der Waals surface area contributed by atoms with Crippen molar-refractivity contribution in [3.05, 3.63) is 119 Å². The summed E-state index contributed by atoms with van der Waals surface area (Å²) in [6, 6.07) is 26.9. The van der Waals surface area contributed by atoms with Crippen LogP contribution in [0.15, 0.2) is 102 Å². The fourth-order valence-corrected chi connectivity index (χ4v) is 7.61. The normalized spacial score (nSPS) is 13.8. The molecule has 0 aromatic heterocycles. The van der Waals surface area contributed by atoms with Crippen molar-refractivity contribution in [2.75, 3.05) is 25.1 Å². The minimum absolute atomic E-state index is 0.0211. The van der Waals surface area contributed by atoms with Crippen molar-refractivity contribution in [1.29, 1.82) is 0 Å². The molecule has 1 aliphatic rings. The molecule has 4 aromatic rings. The molecule has 0 heterocycles. The molecule has 1 fully saturated rings. The fraction of sp³-hybridized carbons (Fsp3) is 0.316. The van der Waals surface area contributed by atoms with E-state index in [9.17, 15) is 18.0 Å². The molecule has 5 rings (SSSR count). The van der Waals surface area contributed by atoms with Gasteiger partial charge in [-0.15, -0.1) is 0 Å². The predicted molar refractivity (Wildman–Crippen MR) is 192 cm³/mol. The second-order valence-electron chi connectivity index (χ2n) is 12.2. The van der Waals surface area contributed by atoms with E-state index >= 15 is 0 Å². The Morgan fingerprint density at radius 1 is 0.857 bits per heavy atom. The fourth-order valence-electron chi connectivity index (χ4n) is 6.05. The summed E-state index contributed by atoms with van der Waals surface area (Å²) >= 11 is 6.19. The maximum Gasteiger partial charge on any atom is 0.264 e. The molecule has 1 saturated carbocycles. The molecule has 49 heavy (non-hydrogen) atoms. The van der Waals surface area contributed by atoms with Crippen molar-refractivity contribution in [3.8, 4) is 11.5 Å². The summed E-state index contributed by atoms with van der Waals surface area (Å²) in [6.45, 7) is 1.39. The number of rotatable bonds is 14. The third-order valence-electron chi connectivity index (χ3n) is 8.78. The van der Waals surface area contributed by atoms with Crippen LogP contribution in [0.3, 0.4) is 0 Å². The lowest BCUT2D eigenvalue weighted by molar-refractivity contribution is -0.140. The van der Waals surface area contributed by atoms with Gasteiger partial charge in [-0.05, 0) is 67.3 Å². The van der Waals surface area contributed by atoms with Gasteiger partial charge in [0.05, 0.1) is 24.8 Å². The first kappa shape index (κ1) is 35.8. The number of carbonyl (C=O) groups is 2. The van der Waals surface area contributed by atoms with Crippen LogP contribution in [0.5, 0.6) is 11.5 Å². The van der Waals surface area contributed by atoms with E-state index in [1.165, 1.54) is 37.3 Å². The van der Waals surface area contributed by atoms with Crippen LogP contribution >= 0.6 is 11.6 Å². The highest BCUT2D eigenvalue weighted by molar-refractivity contribution is 7.92. The maximum atomic E-state index is 14.7. The molecule has 1 aliphatic carbocycles. The van der Waals surface area contributed by atoms with Crippen molar-refractivity contribution in [2.45, 2.75) is 62.6 Å². The van der Waals surface area contributed by atoms with E-state index in [4.69, 9.17) is 21.1 Å². The van der Waals surface area contributed by atoms with Crippen LogP contribution in [0.1, 0.15) is 42.4 Å². The molecule has 0 radical (unpaired) electrons. The van der Waals surface area contributed by atoms with Crippen molar-refractivity contribution >= 4 is 39.1 Å². The van der Waals surface area contributed by atoms with Crippen molar-refractivity contribution in [3.63, 3.8) is 0 Å². The summed E-state index contributed by atoms with van der Waals surface area (Å²) in [4.78, 5) is 30.3. The molecule has 2 amide bonds. The Kier molecular flexibility index (Phi) is 11.9. The number of ether oxygens (including phenoxy) is 2. The minimum atomic E-state index is -4.32. The Bertz CT molecular complexity index is 1830. The van der Waals surface area contributed by atoms with Crippen LogP contribution in [0.4, 0.5) is 5.69 Å². The van der Waals surface area contributed by atoms with Gasteiger partial charge in [0.25, 0.3) is 10.0 Å². The molecule has 4 aromatic carbocycles. The SMILES string of the molecule is COc1ccc(S(=O)(=O)N(CC(=O)N(Cc2ccc(Cl)cc2)[C@@H](Cc2ccccc2)C(=O)NC2CCCC2)c2ccc(C)cc2)cc1OC. The van der Waals surface area contributed by atoms with Gasteiger partial charge in [0, 0.05) is 30.1 Å². The van der Waals surface area contributed by atoms with Gasteiger partial charge < -0.3 is 19.7 Å². The number of halogens is 1. The highest BCUT2D eigenvalue weighted by Crippen LogP contribution is 2.33. The first-order chi connectivity index (χ1) is 23.6. The van der Waals surface area contributed by atoms with E-state index in [0.717, 1.165) is 46.7 Å². The standard InChI is InChI=1S/C38H42ClN3O6S/c1-27-13-19-32(20-14-27)42(49(45,46)33-21-22-35(47-2)36(24-33)48-3)26-37(43)41(25-29-15-17-30(39)18-16-29)34(23-28-9-5-4-6-10-28)38(44)40-31-11-7-8-12-31/h4-6,9-10,13-22,24,31,34H,7-8,11-12,23,25-26H2,1-3H3,(H,40,44)/t34-/m0/s1. The molecule has 0 bridgehead atoms. The molecule has 258 valence electrons. The number of carbonyl (C=O) groups excluding carboxylic acids is 2. The highest BCUT2D eigenvalue weighted by atomic mass is 35.5. The molecule has 0 spiro atoms. The van der Waals surface area contributed by atoms with Gasteiger partial charge in [-0.25, -0.2) is 8.42 Å². The van der Waals surface area contributed by atoms with Gasteiger partial charge in [-0.2, -0.15) is 0 Å². The molecule has 11 heteroatoms. The van der Waals surface area contributed by atoms with Crippen molar-refractivity contribution in [1.82, 2.24) is 10.2 Å². The summed E-state index contributed by atoms with van der Waals surface area (Å²) < 4.78 is 40.7. The summed E-state index contributed by atoms with van der Waals surface area (Å²) in [7, 11) is -1.43. The average molecular weight is 704 g/mol. The van der Waals surface area contributed by atoms with E-state index in [1.54, 1.807) is 48.5 Å². The Balaban J connectivity index is 1.57. The Labute approximate surface area is 293 Å². The summed E-state index contributed by atoms with van der Waals surface area (Å²) in [5, 5.41) is 3.72. The Hall–Kier alpha value is -4.54. The van der Waals surface area contributed by atoms with Crippen LogP contribution in [0.2, 0.25) is 5.02 Å². The van der Waals surface area contributed by atoms with Crippen LogP contribution in [-0.2, 0) is 32.6 Å². The van der Waals surface area contributed by atoms with Gasteiger partial charge >= 0.3 is 0 Å². The van der Waals surface area contributed by atoms with Crippen LogP contribution < -0.4 is 19.1 Å². The third-order valence-corrected chi connectivity index (χ3v) is 10.8. The average Bonchev–Trinajstić information content (AvgIpc) is 3.63. The summed E-state index contributed by atoms with van der Waals surface area (Å²) in [6.07, 6.45) is 4.05. The lowest BCUT2D eigenvalue weighted by atomic mass is 10.0. The smallest absolute Gasteiger partial charge is 0.264 e. The van der Waals surface area contributed by atoms with Gasteiger partial charge in [0.1, 0.15) is 12.6 Å². The van der Waals surface area contributed by atoms with Crippen LogP contribution in [0.25, 0.3) is 0 Å². The predicted octanol–water partition coefficient (Wildman–Crippen LogP) is 6.56. The number of anilines is 1. The number of hydrogen-bond donors (Lipinski definition) is 1. The van der Waals surface area contributed by atoms with E-state index < -0.39 is 28.5 Å². The molecular formula is C38H42ClN3O6S. The van der Waals surface area contributed by atoms with Crippen molar-refractivity contribution in [2.24, 2.45) is 0 Å². The quantitative estimate of drug-likeness (QED) is 0.160. The lowest BCUT2D eigenvalue weighted by Crippen LogP contribution is -2.54. The minimum Gasteiger partial charge on any atom is -0.493 e. The zero-order valence-corrected chi connectivity index (χ0v) is 29.5. The molecule has 1 atom stereocenters. The van der Waals surface area contributed by atoms with Gasteiger partial charge in [0.2, 0.25) is 11.8 Å². The number of aryl methyl sites for hydroxylation is 1. The third kappa shape index (κ3) is 8.93. The number of amides is 2. The first-order valence-corrected chi connectivity index (χ1v) is 18.1. The first-order valence-electron chi connectivity index (χ1n) is 16.3. The number of nitrogens with one attached hydrogen (secondary N) is 1. The van der Waals surface area contributed by atoms with Crippen LogP contribution in [0, 0.1) is 6.92 Å². The zero-order valence-electron chi connectivity index (χ0n) is 28.0. The molecule has 0 saturated heterocycles. The van der Waals surface area contributed by atoms with E-state index in [0.29, 0.717) is 16.5 Å². The molecule has 1 N–H and O–H groups in total. The zero-order chi connectivity index (χ0) is 35.0. The Morgan fingerprint density at radius 2 is 1.51 bits per heavy atom. The topological polar surface area (TPSA) is 105 Å². The number of methoxy groups -OCH3 is 2. The van der Waals surface area contributed by atoms with Gasteiger partial charge in [-0.3, -0.25) is 13.9 Å². The van der Waals surface area contributed by atoms with Crippen molar-refractivity contribution < 1.29 is 27.5 Å². The van der Waals surface area contributed by atoms with Gasteiger partial charge in [0.15, 0.2) is 11.5 Å². The molecule has 9 nitrogen and oxygen atoms in total. The molecule has 0 aliphatic heterocycles. The van der Waals surface area contributed by atoms with Gasteiger partial charge in [-0.1, -0.05) is 84.6 Å². The lowest BCUT2D eigenvalue weighted by Gasteiger charge is -2.34. The second-order valence-corrected chi connectivity index (χ2v) is 14.5. The highest BCUT2D eigenvalue weighted by Gasteiger charge is 2.36. The van der Waals surface area contributed by atoms with E-state index in [1.807, 2.05) is 37.3 Å². The van der Waals surface area contributed by atoms with E-state index in [2.05, 4.69) is 5.32 Å². The number of hydrogen-bond acceptors (Lipinski definition) is 6. The van der Waals surface area contributed by atoms with Crippen LogP contribution in [-0.4, -0.2) is 58.0 Å². The second kappa shape index (κ2) is 16.2. The maximum absolute atomic E-state index is 14.7. The number of sulfonamides is 1. The summed E-state index contributed by atoms with van der Waals surface area (Å²) in [5.74, 6) is -0.218. The largest absolute Gasteiger partial charge is 0.493 e. The number of nitrogens with zero attached hydrogens (tertiary/aromatic N) is 2.